The van der Waals surface area contributed by atoms with Gasteiger partial charge in [0.25, 0.3) is 0 Å². The SMILES string of the molecule is Cc1cccc2c1OC[C@H]2CC(NC(=O)[C@@H]1C[C@H]2CC[C@@H]1O2)B(O)O. The maximum atomic E-state index is 12.6. The Hall–Kier alpha value is -1.57. The minimum absolute atomic E-state index is 0.0142. The molecule has 4 rings (SSSR count). The van der Waals surface area contributed by atoms with Crippen LogP contribution in [-0.2, 0) is 9.53 Å². The Labute approximate surface area is 147 Å². The van der Waals surface area contributed by atoms with Crippen LogP contribution in [0.3, 0.4) is 0 Å². The Kier molecular flexibility index (Phi) is 4.48. The fourth-order valence-electron chi connectivity index (χ4n) is 4.43. The van der Waals surface area contributed by atoms with Gasteiger partial charge in [0.1, 0.15) is 5.75 Å². The van der Waals surface area contributed by atoms with Gasteiger partial charge in [0.2, 0.25) is 5.91 Å². The summed E-state index contributed by atoms with van der Waals surface area (Å²) in [5.74, 6) is -0.0977. The van der Waals surface area contributed by atoms with Gasteiger partial charge in [0, 0.05) is 11.5 Å². The van der Waals surface area contributed by atoms with Crippen molar-refractivity contribution in [2.24, 2.45) is 5.92 Å². The molecule has 0 radical (unpaired) electrons. The third-order valence-corrected chi connectivity index (χ3v) is 5.78. The van der Waals surface area contributed by atoms with Crippen LogP contribution in [0.4, 0.5) is 0 Å². The van der Waals surface area contributed by atoms with E-state index >= 15 is 0 Å². The van der Waals surface area contributed by atoms with Crippen molar-refractivity contribution in [1.29, 1.82) is 0 Å². The molecule has 3 aliphatic rings. The number of fused-ring (bicyclic) bond motifs is 3. The topological polar surface area (TPSA) is 88.0 Å². The largest absolute Gasteiger partial charge is 0.492 e. The van der Waals surface area contributed by atoms with E-state index in [0.717, 1.165) is 36.1 Å². The molecular weight excluding hydrogens is 321 g/mol. The van der Waals surface area contributed by atoms with Crippen LogP contribution in [0.2, 0.25) is 0 Å². The molecule has 5 atom stereocenters. The lowest BCUT2D eigenvalue weighted by Crippen LogP contribution is -2.50. The van der Waals surface area contributed by atoms with Crippen LogP contribution in [-0.4, -0.2) is 47.8 Å². The number of carbonyl (C=O) groups is 1. The molecule has 2 saturated heterocycles. The smallest absolute Gasteiger partial charge is 0.475 e. The molecule has 0 aliphatic carbocycles. The van der Waals surface area contributed by atoms with E-state index in [4.69, 9.17) is 9.47 Å². The Morgan fingerprint density at radius 2 is 2.24 bits per heavy atom. The van der Waals surface area contributed by atoms with Crippen molar-refractivity contribution in [3.8, 4) is 5.75 Å². The maximum absolute atomic E-state index is 12.6. The van der Waals surface area contributed by atoms with E-state index in [-0.39, 0.29) is 30.0 Å². The van der Waals surface area contributed by atoms with E-state index in [2.05, 4.69) is 5.32 Å². The van der Waals surface area contributed by atoms with Crippen LogP contribution >= 0.6 is 0 Å². The standard InChI is InChI=1S/C18H24BNO5/c1-10-3-2-4-13-11(9-24-17(10)13)7-16(19(22)23)20-18(21)14-8-12-5-6-15(14)25-12/h2-4,11-12,14-16,22-23H,5-9H2,1H3,(H,20,21)/t11-,12-,14-,15+,16?/m1/s1. The second kappa shape index (κ2) is 6.63. The molecule has 0 spiro atoms. The van der Waals surface area contributed by atoms with E-state index in [1.807, 2.05) is 25.1 Å². The first kappa shape index (κ1) is 16.9. The van der Waals surface area contributed by atoms with Gasteiger partial charge in [-0.3, -0.25) is 4.79 Å². The van der Waals surface area contributed by atoms with Gasteiger partial charge < -0.3 is 24.8 Å². The van der Waals surface area contributed by atoms with E-state index in [1.54, 1.807) is 0 Å². The Morgan fingerprint density at radius 3 is 2.92 bits per heavy atom. The monoisotopic (exact) mass is 345 g/mol. The van der Waals surface area contributed by atoms with Crippen LogP contribution in [0.5, 0.6) is 5.75 Å². The van der Waals surface area contributed by atoms with Crippen LogP contribution in [0.1, 0.15) is 42.7 Å². The first-order valence-corrected chi connectivity index (χ1v) is 9.07. The number of aryl methyl sites for hydroxylation is 1. The van der Waals surface area contributed by atoms with Crippen LogP contribution in [0.15, 0.2) is 18.2 Å². The molecule has 1 amide bonds. The zero-order chi connectivity index (χ0) is 17.6. The van der Waals surface area contributed by atoms with Crippen molar-refractivity contribution in [3.63, 3.8) is 0 Å². The van der Waals surface area contributed by atoms with E-state index in [9.17, 15) is 14.8 Å². The molecule has 2 bridgehead atoms. The van der Waals surface area contributed by atoms with Gasteiger partial charge in [0.15, 0.2) is 0 Å². The molecule has 1 unspecified atom stereocenters. The summed E-state index contributed by atoms with van der Waals surface area (Å²) in [6, 6.07) is 5.98. The molecule has 1 aromatic rings. The molecule has 25 heavy (non-hydrogen) atoms. The fraction of sp³-hybridized carbons (Fsp3) is 0.611. The van der Waals surface area contributed by atoms with Gasteiger partial charge in [-0.25, -0.2) is 0 Å². The van der Waals surface area contributed by atoms with Gasteiger partial charge in [-0.15, -0.1) is 0 Å². The lowest BCUT2D eigenvalue weighted by atomic mass is 9.73. The van der Waals surface area contributed by atoms with Crippen molar-refractivity contribution in [3.05, 3.63) is 29.3 Å². The number of nitrogens with one attached hydrogen (secondary N) is 1. The van der Waals surface area contributed by atoms with Crippen LogP contribution < -0.4 is 10.1 Å². The molecule has 3 heterocycles. The van der Waals surface area contributed by atoms with E-state index < -0.39 is 13.1 Å². The number of ether oxygens (including phenoxy) is 2. The average Bonchev–Trinajstić information content (AvgIpc) is 3.30. The molecule has 2 fully saturated rings. The number of rotatable bonds is 5. The van der Waals surface area contributed by atoms with Crippen LogP contribution in [0.25, 0.3) is 0 Å². The van der Waals surface area contributed by atoms with Crippen molar-refractivity contribution < 1.29 is 24.3 Å². The highest BCUT2D eigenvalue weighted by molar-refractivity contribution is 6.43. The van der Waals surface area contributed by atoms with Crippen molar-refractivity contribution >= 4 is 13.0 Å². The molecule has 1 aromatic carbocycles. The second-order valence-electron chi connectivity index (χ2n) is 7.48. The summed E-state index contributed by atoms with van der Waals surface area (Å²) in [4.78, 5) is 12.6. The molecular formula is C18H24BNO5. The first-order valence-electron chi connectivity index (χ1n) is 9.07. The number of hydrogen-bond acceptors (Lipinski definition) is 5. The minimum Gasteiger partial charge on any atom is -0.492 e. The van der Waals surface area contributed by atoms with Gasteiger partial charge in [-0.05, 0) is 38.2 Å². The van der Waals surface area contributed by atoms with Crippen molar-refractivity contribution in [2.45, 2.75) is 56.7 Å². The van der Waals surface area contributed by atoms with Crippen molar-refractivity contribution in [2.75, 3.05) is 6.61 Å². The zero-order valence-corrected chi connectivity index (χ0v) is 14.4. The first-order chi connectivity index (χ1) is 12.0. The molecule has 3 N–H and O–H groups in total. The van der Waals surface area contributed by atoms with Crippen molar-refractivity contribution in [1.82, 2.24) is 5.32 Å². The Morgan fingerprint density at radius 1 is 1.40 bits per heavy atom. The van der Waals surface area contributed by atoms with Crippen LogP contribution in [0, 0.1) is 12.8 Å². The average molecular weight is 345 g/mol. The molecule has 6 nitrogen and oxygen atoms in total. The van der Waals surface area contributed by atoms with Gasteiger partial charge >= 0.3 is 7.12 Å². The van der Waals surface area contributed by atoms with Gasteiger partial charge in [-0.1, -0.05) is 18.2 Å². The minimum atomic E-state index is -1.60. The number of carbonyl (C=O) groups excluding carboxylic acids is 1. The summed E-state index contributed by atoms with van der Waals surface area (Å²) in [5, 5.41) is 22.4. The van der Waals surface area contributed by atoms with Gasteiger partial charge in [0.05, 0.1) is 30.7 Å². The number of hydrogen-bond donors (Lipinski definition) is 3. The third kappa shape index (κ3) is 3.16. The highest BCUT2D eigenvalue weighted by atomic mass is 16.5. The molecule has 0 aromatic heterocycles. The third-order valence-electron chi connectivity index (χ3n) is 5.78. The predicted molar refractivity (Wildman–Crippen MR) is 92.2 cm³/mol. The fourth-order valence-corrected chi connectivity index (χ4v) is 4.43. The Bertz CT molecular complexity index is 667. The normalized spacial score (nSPS) is 30.7. The second-order valence-corrected chi connectivity index (χ2v) is 7.48. The Balaban J connectivity index is 1.43. The lowest BCUT2D eigenvalue weighted by molar-refractivity contribution is -0.127. The van der Waals surface area contributed by atoms with E-state index in [0.29, 0.717) is 13.0 Å². The zero-order valence-electron chi connectivity index (χ0n) is 14.4. The van der Waals surface area contributed by atoms with Gasteiger partial charge in [-0.2, -0.15) is 0 Å². The molecule has 3 aliphatic heterocycles. The highest BCUT2D eigenvalue weighted by Gasteiger charge is 2.45. The predicted octanol–water partition coefficient (Wildman–Crippen LogP) is 0.925. The number of benzene rings is 1. The highest BCUT2D eigenvalue weighted by Crippen LogP contribution is 2.40. The molecule has 134 valence electrons. The molecule has 0 saturated carbocycles. The summed E-state index contributed by atoms with van der Waals surface area (Å²) in [7, 11) is -1.60. The quantitative estimate of drug-likeness (QED) is 0.691. The summed E-state index contributed by atoms with van der Waals surface area (Å²) in [5.41, 5.74) is 2.15. The summed E-state index contributed by atoms with van der Waals surface area (Å²) in [6.45, 7) is 2.49. The summed E-state index contributed by atoms with van der Waals surface area (Å²) < 4.78 is 11.5. The molecule has 7 heteroatoms. The summed E-state index contributed by atoms with van der Waals surface area (Å²) in [6.07, 6.45) is 3.28. The maximum Gasteiger partial charge on any atom is 0.475 e. The number of para-hydroxylation sites is 1. The summed E-state index contributed by atoms with van der Waals surface area (Å²) >= 11 is 0. The number of amides is 1. The van der Waals surface area contributed by atoms with E-state index in [1.165, 1.54) is 0 Å². The lowest BCUT2D eigenvalue weighted by Gasteiger charge is -2.24.